The molecule has 1 aliphatic heterocycles. The summed E-state index contributed by atoms with van der Waals surface area (Å²) >= 11 is 0. The molecule has 1 amide bonds. The molecule has 2 aromatic carbocycles. The van der Waals surface area contributed by atoms with Crippen LogP contribution in [0.5, 0.6) is 0 Å². The topological polar surface area (TPSA) is 64.0 Å². The summed E-state index contributed by atoms with van der Waals surface area (Å²) in [7, 11) is 0. The second-order valence-electron chi connectivity index (χ2n) is 10.2. The Labute approximate surface area is 198 Å². The summed E-state index contributed by atoms with van der Waals surface area (Å²) in [6, 6.07) is 15.2. The molecule has 5 nitrogen and oxygen atoms in total. The summed E-state index contributed by atoms with van der Waals surface area (Å²) in [4.78, 5) is 15.9. The lowest BCUT2D eigenvalue weighted by Gasteiger charge is -2.44. The Kier molecular flexibility index (Phi) is 7.92. The summed E-state index contributed by atoms with van der Waals surface area (Å²) in [5.41, 5.74) is 0.571. The zero-order chi connectivity index (χ0) is 23.3. The van der Waals surface area contributed by atoms with Crippen LogP contribution in [-0.4, -0.2) is 63.9 Å². The maximum absolute atomic E-state index is 11.8. The largest absolute Gasteiger partial charge is 0.465 e. The summed E-state index contributed by atoms with van der Waals surface area (Å²) in [6.45, 7) is 5.35. The molecule has 0 radical (unpaired) electrons. The van der Waals surface area contributed by atoms with Crippen molar-refractivity contribution in [1.29, 1.82) is 0 Å². The minimum Gasteiger partial charge on any atom is -0.465 e. The average Bonchev–Trinajstić information content (AvgIpc) is 2.83. The highest BCUT2D eigenvalue weighted by atomic mass is 16.4. The van der Waals surface area contributed by atoms with E-state index in [1.807, 2.05) is 0 Å². The lowest BCUT2D eigenvalue weighted by molar-refractivity contribution is -0.0337. The van der Waals surface area contributed by atoms with Gasteiger partial charge in [0.2, 0.25) is 0 Å². The predicted molar refractivity (Wildman–Crippen MR) is 134 cm³/mol. The van der Waals surface area contributed by atoms with Crippen LogP contribution in [0.3, 0.4) is 0 Å². The van der Waals surface area contributed by atoms with Crippen LogP contribution in [0.15, 0.2) is 42.5 Å². The molecule has 2 N–H and O–H groups in total. The summed E-state index contributed by atoms with van der Waals surface area (Å²) < 4.78 is 0. The van der Waals surface area contributed by atoms with E-state index in [4.69, 9.17) is 0 Å². The van der Waals surface area contributed by atoms with Crippen LogP contribution in [0.1, 0.15) is 76.2 Å². The summed E-state index contributed by atoms with van der Waals surface area (Å²) in [5.74, 6) is 0.0784. The predicted octanol–water partition coefficient (Wildman–Crippen LogP) is 5.86. The zero-order valence-electron chi connectivity index (χ0n) is 20.1. The molecule has 1 heterocycles. The molecule has 1 saturated carbocycles. The number of rotatable bonds is 8. The SMILES string of the molecule is CCCCN(C(=O)O)C1CCN(CC(c2ccc3ccccc3c2)C2(O)CCCCC2)CC1. The molecule has 0 bridgehead atoms. The van der Waals surface area contributed by atoms with Gasteiger partial charge in [-0.05, 0) is 48.4 Å². The van der Waals surface area contributed by atoms with Gasteiger partial charge in [0.25, 0.3) is 0 Å². The van der Waals surface area contributed by atoms with Crippen molar-refractivity contribution in [2.24, 2.45) is 0 Å². The van der Waals surface area contributed by atoms with E-state index in [0.29, 0.717) is 6.54 Å². The van der Waals surface area contributed by atoms with Crippen molar-refractivity contribution < 1.29 is 15.0 Å². The number of hydrogen-bond donors (Lipinski definition) is 2. The molecule has 2 aliphatic rings. The van der Waals surface area contributed by atoms with Crippen molar-refractivity contribution in [3.05, 3.63) is 48.0 Å². The van der Waals surface area contributed by atoms with Crippen molar-refractivity contribution in [2.75, 3.05) is 26.2 Å². The first kappa shape index (κ1) is 24.0. The van der Waals surface area contributed by atoms with Gasteiger partial charge >= 0.3 is 6.09 Å². The number of nitrogens with zero attached hydrogens (tertiary/aromatic N) is 2. The number of benzene rings is 2. The molecule has 1 aliphatic carbocycles. The minimum atomic E-state index is -0.785. The van der Waals surface area contributed by atoms with Gasteiger partial charge in [0.05, 0.1) is 5.60 Å². The minimum absolute atomic E-state index is 0.0784. The number of aliphatic hydroxyl groups is 1. The van der Waals surface area contributed by atoms with Gasteiger partial charge in [0.1, 0.15) is 0 Å². The van der Waals surface area contributed by atoms with E-state index >= 15 is 0 Å². The lowest BCUT2D eigenvalue weighted by atomic mass is 9.72. The van der Waals surface area contributed by atoms with Crippen LogP contribution in [0.4, 0.5) is 4.79 Å². The molecule has 1 atom stereocenters. The molecule has 1 saturated heterocycles. The monoisotopic (exact) mass is 452 g/mol. The fourth-order valence-electron chi connectivity index (χ4n) is 5.96. The Balaban J connectivity index is 1.50. The van der Waals surface area contributed by atoms with E-state index in [2.05, 4.69) is 54.3 Å². The van der Waals surface area contributed by atoms with Crippen LogP contribution < -0.4 is 0 Å². The smallest absolute Gasteiger partial charge is 0.407 e. The standard InChI is InChI=1S/C28H40N2O3/c1-2-3-17-30(27(31)32)25-13-18-29(19-14-25)21-26(28(33)15-7-4-8-16-28)24-12-11-22-9-5-6-10-23(22)20-24/h5-6,9-12,20,25-26,33H,2-4,7-8,13-19,21H2,1H3,(H,31,32). The molecule has 0 aromatic heterocycles. The molecule has 1 unspecified atom stereocenters. The molecular formula is C28H40N2O3. The van der Waals surface area contributed by atoms with E-state index in [-0.39, 0.29) is 12.0 Å². The number of fused-ring (bicyclic) bond motifs is 1. The maximum atomic E-state index is 11.8. The Morgan fingerprint density at radius 2 is 1.79 bits per heavy atom. The van der Waals surface area contributed by atoms with E-state index in [1.54, 1.807) is 4.90 Å². The normalized spacial score (nSPS) is 20.5. The average molecular weight is 453 g/mol. The molecule has 4 rings (SSSR count). The summed E-state index contributed by atoms with van der Waals surface area (Å²) in [6.07, 6.45) is 8.01. The quantitative estimate of drug-likeness (QED) is 0.526. The van der Waals surface area contributed by atoms with Crippen molar-refractivity contribution in [1.82, 2.24) is 9.80 Å². The lowest BCUT2D eigenvalue weighted by Crippen LogP contribution is -2.50. The van der Waals surface area contributed by atoms with E-state index in [0.717, 1.165) is 71.0 Å². The number of hydrogen-bond acceptors (Lipinski definition) is 3. The highest BCUT2D eigenvalue weighted by Crippen LogP contribution is 2.41. The Morgan fingerprint density at radius 3 is 2.45 bits per heavy atom. The van der Waals surface area contributed by atoms with E-state index in [9.17, 15) is 15.0 Å². The van der Waals surface area contributed by atoms with E-state index < -0.39 is 11.7 Å². The van der Waals surface area contributed by atoms with Crippen molar-refractivity contribution in [3.63, 3.8) is 0 Å². The number of carbonyl (C=O) groups is 1. The highest BCUT2D eigenvalue weighted by Gasteiger charge is 2.40. The van der Waals surface area contributed by atoms with Crippen molar-refractivity contribution in [3.8, 4) is 0 Å². The van der Waals surface area contributed by atoms with Crippen molar-refractivity contribution >= 4 is 16.9 Å². The molecular weight excluding hydrogens is 412 g/mol. The van der Waals surface area contributed by atoms with Gasteiger partial charge in [-0.25, -0.2) is 4.79 Å². The summed E-state index contributed by atoms with van der Waals surface area (Å²) in [5, 5.41) is 23.9. The van der Waals surface area contributed by atoms with E-state index in [1.165, 1.54) is 22.8 Å². The number of amides is 1. The second-order valence-corrected chi connectivity index (χ2v) is 10.2. The first-order valence-corrected chi connectivity index (χ1v) is 12.9. The van der Waals surface area contributed by atoms with Crippen LogP contribution in [0.2, 0.25) is 0 Å². The molecule has 2 fully saturated rings. The zero-order valence-corrected chi connectivity index (χ0v) is 20.1. The number of unbranched alkanes of at least 4 members (excludes halogenated alkanes) is 1. The number of carboxylic acid groups (broad SMARTS) is 1. The second kappa shape index (κ2) is 10.9. The maximum Gasteiger partial charge on any atom is 0.407 e. The fraction of sp³-hybridized carbons (Fsp3) is 0.607. The van der Waals surface area contributed by atoms with Gasteiger partial charge in [-0.2, -0.15) is 0 Å². The van der Waals surface area contributed by atoms with Crippen LogP contribution in [-0.2, 0) is 0 Å². The third-order valence-electron chi connectivity index (χ3n) is 7.98. The molecule has 33 heavy (non-hydrogen) atoms. The molecule has 2 aromatic rings. The van der Waals surface area contributed by atoms with Gasteiger partial charge in [-0.15, -0.1) is 0 Å². The van der Waals surface area contributed by atoms with Crippen LogP contribution in [0, 0.1) is 0 Å². The first-order valence-electron chi connectivity index (χ1n) is 12.9. The van der Waals surface area contributed by atoms with Gasteiger partial charge < -0.3 is 20.0 Å². The van der Waals surface area contributed by atoms with Gasteiger partial charge in [-0.3, -0.25) is 0 Å². The Hall–Kier alpha value is -2.11. The van der Waals surface area contributed by atoms with Gasteiger partial charge in [0, 0.05) is 38.1 Å². The third-order valence-corrected chi connectivity index (χ3v) is 7.98. The molecule has 5 heteroatoms. The molecule has 180 valence electrons. The van der Waals surface area contributed by atoms with Gasteiger partial charge in [0.15, 0.2) is 0 Å². The van der Waals surface area contributed by atoms with Crippen LogP contribution in [0.25, 0.3) is 10.8 Å². The third kappa shape index (κ3) is 5.70. The van der Waals surface area contributed by atoms with Crippen LogP contribution >= 0.6 is 0 Å². The number of piperidine rings is 1. The number of likely N-dealkylation sites (tertiary alicyclic amines) is 1. The van der Waals surface area contributed by atoms with Gasteiger partial charge in [-0.1, -0.05) is 75.1 Å². The first-order chi connectivity index (χ1) is 16.0. The highest BCUT2D eigenvalue weighted by molar-refractivity contribution is 5.83. The Bertz CT molecular complexity index is 916. The Morgan fingerprint density at radius 1 is 1.09 bits per heavy atom. The fourth-order valence-corrected chi connectivity index (χ4v) is 5.96. The molecule has 0 spiro atoms. The van der Waals surface area contributed by atoms with Crippen molar-refractivity contribution in [2.45, 2.75) is 82.3 Å².